The van der Waals surface area contributed by atoms with Crippen molar-refractivity contribution in [3.8, 4) is 0 Å². The lowest BCUT2D eigenvalue weighted by Gasteiger charge is -2.26. The maximum Gasteiger partial charge on any atom is 0.189 e. The summed E-state index contributed by atoms with van der Waals surface area (Å²) in [5.74, 6) is 0.514. The number of guanidine groups is 1. The Bertz CT molecular complexity index is 410. The van der Waals surface area contributed by atoms with Crippen LogP contribution >= 0.6 is 24.0 Å². The average Bonchev–Trinajstić information content (AvgIpc) is 2.62. The lowest BCUT2D eigenvalue weighted by atomic mass is 9.93. The predicted octanol–water partition coefficient (Wildman–Crippen LogP) is 1.18. The quantitative estimate of drug-likeness (QED) is 0.478. The average molecular weight is 364 g/mol. The summed E-state index contributed by atoms with van der Waals surface area (Å²) in [5, 5.41) is 11.8. The molecule has 1 aliphatic carbocycles. The molecular formula is C11H21IN6. The molecule has 6 nitrogen and oxygen atoms in total. The van der Waals surface area contributed by atoms with E-state index >= 15 is 0 Å². The third kappa shape index (κ3) is 3.82. The molecule has 1 aromatic heterocycles. The fourth-order valence-corrected chi connectivity index (χ4v) is 1.72. The summed E-state index contributed by atoms with van der Waals surface area (Å²) in [6.45, 7) is 5.23. The van der Waals surface area contributed by atoms with E-state index in [-0.39, 0.29) is 24.0 Å². The molecule has 0 amide bonds. The van der Waals surface area contributed by atoms with Crippen molar-refractivity contribution in [3.63, 3.8) is 0 Å². The highest BCUT2D eigenvalue weighted by Crippen LogP contribution is 2.17. The van der Waals surface area contributed by atoms with Crippen LogP contribution in [-0.2, 0) is 13.1 Å². The van der Waals surface area contributed by atoms with E-state index in [0.29, 0.717) is 18.5 Å². The summed E-state index contributed by atoms with van der Waals surface area (Å²) >= 11 is 0. The van der Waals surface area contributed by atoms with Gasteiger partial charge in [-0.2, -0.15) is 15.0 Å². The Balaban J connectivity index is 0.00000162. The van der Waals surface area contributed by atoms with Crippen molar-refractivity contribution in [1.29, 1.82) is 0 Å². The van der Waals surface area contributed by atoms with Gasteiger partial charge in [-0.25, -0.2) is 4.99 Å². The highest BCUT2D eigenvalue weighted by Gasteiger charge is 2.17. The molecule has 0 aliphatic heterocycles. The van der Waals surface area contributed by atoms with Gasteiger partial charge in [0.1, 0.15) is 5.69 Å². The van der Waals surface area contributed by atoms with Crippen LogP contribution in [-0.4, -0.2) is 27.0 Å². The van der Waals surface area contributed by atoms with Crippen molar-refractivity contribution in [3.05, 3.63) is 11.4 Å². The van der Waals surface area contributed by atoms with Crippen LogP contribution < -0.4 is 11.1 Å². The van der Waals surface area contributed by atoms with Gasteiger partial charge in [0.15, 0.2) is 5.96 Å². The molecule has 1 fully saturated rings. The smallest absolute Gasteiger partial charge is 0.189 e. The highest BCUT2D eigenvalue weighted by molar-refractivity contribution is 14.0. The summed E-state index contributed by atoms with van der Waals surface area (Å²) in [5.41, 5.74) is 7.62. The molecule has 0 atom stereocenters. The van der Waals surface area contributed by atoms with E-state index < -0.39 is 0 Å². The molecule has 0 aromatic carbocycles. The van der Waals surface area contributed by atoms with Crippen LogP contribution in [0.3, 0.4) is 0 Å². The van der Waals surface area contributed by atoms with Crippen LogP contribution in [0.2, 0.25) is 0 Å². The number of nitrogens with one attached hydrogen (secondary N) is 1. The number of aryl methyl sites for hydroxylation is 2. The molecule has 3 N–H and O–H groups in total. The van der Waals surface area contributed by atoms with Crippen molar-refractivity contribution in [2.24, 2.45) is 10.7 Å². The van der Waals surface area contributed by atoms with Crippen molar-refractivity contribution < 1.29 is 0 Å². The molecule has 0 spiro atoms. The zero-order valence-corrected chi connectivity index (χ0v) is 13.2. The zero-order chi connectivity index (χ0) is 12.3. The molecule has 1 saturated carbocycles. The second-order valence-corrected chi connectivity index (χ2v) is 4.39. The third-order valence-corrected chi connectivity index (χ3v) is 3.06. The predicted molar refractivity (Wildman–Crippen MR) is 81.9 cm³/mol. The summed E-state index contributed by atoms with van der Waals surface area (Å²) in [6.07, 6.45) is 3.68. The molecule has 7 heteroatoms. The number of aromatic nitrogens is 3. The van der Waals surface area contributed by atoms with Gasteiger partial charge in [-0.1, -0.05) is 0 Å². The van der Waals surface area contributed by atoms with Crippen LogP contribution in [0.25, 0.3) is 0 Å². The number of halogens is 1. The van der Waals surface area contributed by atoms with Crippen LogP contribution in [0, 0.1) is 6.92 Å². The van der Waals surface area contributed by atoms with E-state index in [1.165, 1.54) is 19.3 Å². The molecule has 1 aliphatic rings. The number of hydrogen-bond acceptors (Lipinski definition) is 3. The summed E-state index contributed by atoms with van der Waals surface area (Å²) in [4.78, 5) is 5.97. The number of nitrogens with zero attached hydrogens (tertiary/aromatic N) is 4. The molecule has 2 rings (SSSR count). The Kier molecular flexibility index (Phi) is 5.83. The van der Waals surface area contributed by atoms with Gasteiger partial charge in [0.2, 0.25) is 0 Å². The van der Waals surface area contributed by atoms with Crippen LogP contribution in [0.4, 0.5) is 0 Å². The van der Waals surface area contributed by atoms with Crippen molar-refractivity contribution in [1.82, 2.24) is 20.3 Å². The molecule has 0 bridgehead atoms. The molecule has 1 heterocycles. The first-order valence-electron chi connectivity index (χ1n) is 6.16. The number of nitrogens with two attached hydrogens (primary N) is 1. The Morgan fingerprint density at radius 2 is 2.22 bits per heavy atom. The van der Waals surface area contributed by atoms with Crippen molar-refractivity contribution in [2.45, 2.75) is 52.2 Å². The van der Waals surface area contributed by atoms with Gasteiger partial charge in [0, 0.05) is 6.04 Å². The molecule has 0 saturated heterocycles. The largest absolute Gasteiger partial charge is 0.370 e. The Hall–Kier alpha value is -0.860. The van der Waals surface area contributed by atoms with Gasteiger partial charge in [-0.05, 0) is 33.1 Å². The van der Waals surface area contributed by atoms with Crippen LogP contribution in [0.5, 0.6) is 0 Å². The van der Waals surface area contributed by atoms with E-state index in [0.717, 1.165) is 17.9 Å². The first-order chi connectivity index (χ1) is 8.19. The minimum Gasteiger partial charge on any atom is -0.370 e. The first kappa shape index (κ1) is 15.2. The first-order valence-corrected chi connectivity index (χ1v) is 6.16. The maximum absolute atomic E-state index is 5.81. The molecule has 18 heavy (non-hydrogen) atoms. The van der Waals surface area contributed by atoms with E-state index in [1.54, 1.807) is 4.80 Å². The Labute approximate surface area is 124 Å². The minimum atomic E-state index is 0. The van der Waals surface area contributed by atoms with Gasteiger partial charge in [-0.15, -0.1) is 24.0 Å². The van der Waals surface area contributed by atoms with Gasteiger partial charge in [0.25, 0.3) is 0 Å². The standard InChI is InChI=1S/C11H20N6.HI/c1-3-17-15-8(2)10(16-17)7-13-11(12)14-9-5-4-6-9;/h9H,3-7H2,1-2H3,(H3,12,13,14);1H. The number of hydrogen-bond donors (Lipinski definition) is 2. The molecule has 102 valence electrons. The molecular weight excluding hydrogens is 343 g/mol. The fourth-order valence-electron chi connectivity index (χ4n) is 1.72. The van der Waals surface area contributed by atoms with Gasteiger partial charge < -0.3 is 11.1 Å². The number of aliphatic imine (C=N–C) groups is 1. The maximum atomic E-state index is 5.81. The second kappa shape index (κ2) is 6.91. The third-order valence-electron chi connectivity index (χ3n) is 3.06. The Morgan fingerprint density at radius 1 is 1.50 bits per heavy atom. The van der Waals surface area contributed by atoms with E-state index in [2.05, 4.69) is 20.5 Å². The monoisotopic (exact) mass is 364 g/mol. The second-order valence-electron chi connectivity index (χ2n) is 4.39. The minimum absolute atomic E-state index is 0. The lowest BCUT2D eigenvalue weighted by Crippen LogP contribution is -2.43. The summed E-state index contributed by atoms with van der Waals surface area (Å²) in [6, 6.07) is 0.520. The topological polar surface area (TPSA) is 81.1 Å². The fraction of sp³-hybridized carbons (Fsp3) is 0.727. The Morgan fingerprint density at radius 3 is 2.72 bits per heavy atom. The van der Waals surface area contributed by atoms with Gasteiger partial charge in [-0.3, -0.25) is 0 Å². The lowest BCUT2D eigenvalue weighted by molar-refractivity contribution is 0.382. The van der Waals surface area contributed by atoms with Crippen molar-refractivity contribution in [2.75, 3.05) is 0 Å². The summed E-state index contributed by atoms with van der Waals surface area (Å²) in [7, 11) is 0. The zero-order valence-electron chi connectivity index (χ0n) is 10.9. The molecule has 1 aromatic rings. The van der Waals surface area contributed by atoms with Gasteiger partial charge >= 0.3 is 0 Å². The molecule has 0 radical (unpaired) electrons. The number of rotatable bonds is 4. The normalized spacial score (nSPS) is 16.0. The highest BCUT2D eigenvalue weighted by atomic mass is 127. The van der Waals surface area contributed by atoms with E-state index in [1.807, 2.05) is 13.8 Å². The van der Waals surface area contributed by atoms with Gasteiger partial charge in [0.05, 0.1) is 18.8 Å². The SMILES string of the molecule is CCn1nc(C)c(CN=C(N)NC2CCC2)n1.I. The van der Waals surface area contributed by atoms with Crippen LogP contribution in [0.15, 0.2) is 4.99 Å². The van der Waals surface area contributed by atoms with E-state index in [4.69, 9.17) is 5.73 Å². The molecule has 0 unspecified atom stereocenters. The van der Waals surface area contributed by atoms with E-state index in [9.17, 15) is 0 Å². The van der Waals surface area contributed by atoms with Crippen LogP contribution in [0.1, 0.15) is 37.6 Å². The van der Waals surface area contributed by atoms with Crippen molar-refractivity contribution >= 4 is 29.9 Å². The summed E-state index contributed by atoms with van der Waals surface area (Å²) < 4.78 is 0.